The highest BCUT2D eigenvalue weighted by Crippen LogP contribution is 2.19. The molecule has 214 valence electrons. The van der Waals surface area contributed by atoms with Gasteiger partial charge in [-0.15, -0.1) is 0 Å². The number of carbonyl (C=O) groups excluding carboxylic acids is 3. The van der Waals surface area contributed by atoms with E-state index in [1.807, 2.05) is 31.2 Å². The fraction of sp³-hybridized carbons (Fsp3) is 0.500. The molecular weight excluding hydrogens is 526 g/mol. The number of thioether (sulfide) groups is 1. The smallest absolute Gasteiger partial charge is 0.326 e. The zero-order valence-electron chi connectivity index (χ0n) is 22.2. The number of fused-ring (bicyclic) bond motifs is 1. The number of para-hydroxylation sites is 1. The van der Waals surface area contributed by atoms with Gasteiger partial charge in [0, 0.05) is 17.1 Å². The van der Waals surface area contributed by atoms with Crippen LogP contribution in [0.25, 0.3) is 10.9 Å². The number of aromatic amines is 1. The Balaban J connectivity index is 2.14. The Bertz CT molecular complexity index is 1170. The number of rotatable bonds is 16. The third-order valence-electron chi connectivity index (χ3n) is 6.48. The second-order valence-electron chi connectivity index (χ2n) is 9.38. The van der Waals surface area contributed by atoms with E-state index in [0.717, 1.165) is 16.5 Å². The molecular formula is C26H37N5O7S. The van der Waals surface area contributed by atoms with E-state index < -0.39 is 60.2 Å². The van der Waals surface area contributed by atoms with Crippen LogP contribution in [-0.4, -0.2) is 81.0 Å². The third kappa shape index (κ3) is 9.29. The molecule has 5 unspecified atom stereocenters. The van der Waals surface area contributed by atoms with Crippen molar-refractivity contribution in [1.29, 1.82) is 0 Å². The summed E-state index contributed by atoms with van der Waals surface area (Å²) in [4.78, 5) is 65.1. The van der Waals surface area contributed by atoms with Crippen molar-refractivity contribution < 1.29 is 34.2 Å². The van der Waals surface area contributed by atoms with E-state index >= 15 is 0 Å². The van der Waals surface area contributed by atoms with Gasteiger partial charge >= 0.3 is 11.9 Å². The molecule has 1 aromatic heterocycles. The number of nitrogens with one attached hydrogen (secondary N) is 4. The summed E-state index contributed by atoms with van der Waals surface area (Å²) in [5.74, 6) is -4.85. The zero-order valence-corrected chi connectivity index (χ0v) is 23.0. The molecule has 13 heteroatoms. The van der Waals surface area contributed by atoms with Crippen LogP contribution in [0.15, 0.2) is 30.5 Å². The number of nitrogens with two attached hydrogens (primary N) is 1. The Hall–Kier alpha value is -3.58. The van der Waals surface area contributed by atoms with Gasteiger partial charge in [-0.3, -0.25) is 19.2 Å². The molecule has 0 aliphatic carbocycles. The predicted octanol–water partition coefficient (Wildman–Crippen LogP) is 0.851. The van der Waals surface area contributed by atoms with E-state index in [1.165, 1.54) is 11.8 Å². The van der Waals surface area contributed by atoms with Crippen LogP contribution in [0, 0.1) is 5.92 Å². The molecule has 0 spiro atoms. The van der Waals surface area contributed by atoms with Crippen LogP contribution in [0.5, 0.6) is 0 Å². The summed E-state index contributed by atoms with van der Waals surface area (Å²) >= 11 is 1.39. The molecule has 0 saturated carbocycles. The summed E-state index contributed by atoms with van der Waals surface area (Å²) in [6, 6.07) is 2.69. The van der Waals surface area contributed by atoms with E-state index in [2.05, 4.69) is 20.9 Å². The molecule has 0 saturated heterocycles. The molecule has 0 aliphatic heterocycles. The summed E-state index contributed by atoms with van der Waals surface area (Å²) in [6.45, 7) is 3.54. The first-order chi connectivity index (χ1) is 18.5. The first-order valence-corrected chi connectivity index (χ1v) is 14.0. The average Bonchev–Trinajstić information content (AvgIpc) is 3.30. The summed E-state index contributed by atoms with van der Waals surface area (Å²) in [6.07, 6.45) is 3.60. The van der Waals surface area contributed by atoms with Gasteiger partial charge in [0.2, 0.25) is 17.7 Å². The first-order valence-electron chi connectivity index (χ1n) is 12.6. The minimum absolute atomic E-state index is 0.121. The SMILES string of the molecule is CCC(C)C(NC(=O)C(N)Cc1c[nH]c2ccccc12)C(=O)NC(CC(=O)O)C(=O)NC(CCSC)C(=O)O. The lowest BCUT2D eigenvalue weighted by atomic mass is 9.96. The number of carbonyl (C=O) groups is 5. The van der Waals surface area contributed by atoms with E-state index in [-0.39, 0.29) is 18.8 Å². The van der Waals surface area contributed by atoms with Gasteiger partial charge < -0.3 is 36.9 Å². The molecule has 1 aromatic carbocycles. The third-order valence-corrected chi connectivity index (χ3v) is 7.13. The molecule has 3 amide bonds. The molecule has 0 radical (unpaired) electrons. The van der Waals surface area contributed by atoms with Gasteiger partial charge in [-0.1, -0.05) is 38.5 Å². The Morgan fingerprint density at radius 2 is 1.67 bits per heavy atom. The van der Waals surface area contributed by atoms with Gasteiger partial charge in [-0.2, -0.15) is 11.8 Å². The molecule has 0 aliphatic rings. The lowest BCUT2D eigenvalue weighted by Crippen LogP contribution is -2.59. The minimum atomic E-state index is -1.55. The maximum atomic E-state index is 13.2. The number of carboxylic acid groups (broad SMARTS) is 2. The molecule has 8 N–H and O–H groups in total. The largest absolute Gasteiger partial charge is 0.481 e. The topological polar surface area (TPSA) is 204 Å². The van der Waals surface area contributed by atoms with Gasteiger partial charge in [0.25, 0.3) is 0 Å². The average molecular weight is 564 g/mol. The second kappa shape index (κ2) is 15.1. The van der Waals surface area contributed by atoms with Gasteiger partial charge in [0.05, 0.1) is 12.5 Å². The lowest BCUT2D eigenvalue weighted by Gasteiger charge is -2.27. The second-order valence-corrected chi connectivity index (χ2v) is 10.4. The monoisotopic (exact) mass is 563 g/mol. The van der Waals surface area contributed by atoms with E-state index in [1.54, 1.807) is 19.4 Å². The molecule has 0 bridgehead atoms. The number of H-pyrrole nitrogens is 1. The van der Waals surface area contributed by atoms with Crippen LogP contribution >= 0.6 is 11.8 Å². The van der Waals surface area contributed by atoms with Crippen molar-refractivity contribution in [3.8, 4) is 0 Å². The van der Waals surface area contributed by atoms with Gasteiger partial charge in [-0.05, 0) is 42.4 Å². The highest BCUT2D eigenvalue weighted by Gasteiger charge is 2.33. The summed E-state index contributed by atoms with van der Waals surface area (Å²) in [7, 11) is 0. The Labute approximate surface area is 230 Å². The van der Waals surface area contributed by atoms with Gasteiger partial charge in [-0.25, -0.2) is 4.79 Å². The van der Waals surface area contributed by atoms with Crippen molar-refractivity contribution in [2.24, 2.45) is 11.7 Å². The lowest BCUT2D eigenvalue weighted by molar-refractivity contribution is -0.143. The molecule has 2 aromatic rings. The van der Waals surface area contributed by atoms with Crippen molar-refractivity contribution in [3.63, 3.8) is 0 Å². The van der Waals surface area contributed by atoms with Crippen LogP contribution in [-0.2, 0) is 30.4 Å². The first kappa shape index (κ1) is 31.6. The number of aromatic nitrogens is 1. The number of carboxylic acids is 2. The number of amides is 3. The van der Waals surface area contributed by atoms with Crippen molar-refractivity contribution in [2.45, 2.75) is 63.7 Å². The summed E-state index contributed by atoms with van der Waals surface area (Å²) in [5.41, 5.74) is 7.91. The van der Waals surface area contributed by atoms with Crippen LogP contribution in [0.1, 0.15) is 38.7 Å². The van der Waals surface area contributed by atoms with Gasteiger partial charge in [0.15, 0.2) is 0 Å². The minimum Gasteiger partial charge on any atom is -0.481 e. The molecule has 0 fully saturated rings. The molecule has 1 heterocycles. The van der Waals surface area contributed by atoms with E-state index in [0.29, 0.717) is 12.2 Å². The van der Waals surface area contributed by atoms with Crippen molar-refractivity contribution >= 4 is 52.3 Å². The van der Waals surface area contributed by atoms with Crippen molar-refractivity contribution in [2.75, 3.05) is 12.0 Å². The highest BCUT2D eigenvalue weighted by atomic mass is 32.2. The molecule has 12 nitrogen and oxygen atoms in total. The maximum absolute atomic E-state index is 13.2. The predicted molar refractivity (Wildman–Crippen MR) is 148 cm³/mol. The zero-order chi connectivity index (χ0) is 29.1. The standard InChI is InChI=1S/C26H37N5O7S/c1-4-14(2)22(31-23(34)17(27)11-15-13-28-18-8-6-5-7-16(15)18)25(36)30-20(12-21(32)33)24(35)29-19(26(37)38)9-10-39-3/h5-8,13-14,17,19-20,22,28H,4,9-12,27H2,1-3H3,(H,29,35)(H,30,36)(H,31,34)(H,32,33)(H,37,38). The Morgan fingerprint density at radius 1 is 1.00 bits per heavy atom. The number of aliphatic carboxylic acids is 2. The quantitative estimate of drug-likeness (QED) is 0.154. The van der Waals surface area contributed by atoms with Crippen LogP contribution in [0.3, 0.4) is 0 Å². The van der Waals surface area contributed by atoms with Crippen LogP contribution in [0.2, 0.25) is 0 Å². The van der Waals surface area contributed by atoms with Crippen LogP contribution in [0.4, 0.5) is 0 Å². The van der Waals surface area contributed by atoms with E-state index in [4.69, 9.17) is 5.73 Å². The molecule has 2 rings (SSSR count). The van der Waals surface area contributed by atoms with E-state index in [9.17, 15) is 34.2 Å². The maximum Gasteiger partial charge on any atom is 0.326 e. The number of hydrogen-bond acceptors (Lipinski definition) is 7. The van der Waals surface area contributed by atoms with Crippen molar-refractivity contribution in [1.82, 2.24) is 20.9 Å². The number of hydrogen-bond donors (Lipinski definition) is 7. The Morgan fingerprint density at radius 3 is 2.28 bits per heavy atom. The fourth-order valence-corrected chi connectivity index (χ4v) is 4.47. The fourth-order valence-electron chi connectivity index (χ4n) is 4.00. The van der Waals surface area contributed by atoms with Crippen LogP contribution < -0.4 is 21.7 Å². The van der Waals surface area contributed by atoms with Crippen molar-refractivity contribution in [3.05, 3.63) is 36.0 Å². The molecule has 5 atom stereocenters. The summed E-state index contributed by atoms with van der Waals surface area (Å²) in [5, 5.41) is 27.0. The Kier molecular flexibility index (Phi) is 12.3. The summed E-state index contributed by atoms with van der Waals surface area (Å²) < 4.78 is 0. The normalized spacial score (nSPS) is 15.0. The van der Waals surface area contributed by atoms with Gasteiger partial charge in [0.1, 0.15) is 18.1 Å². The molecule has 39 heavy (non-hydrogen) atoms. The highest BCUT2D eigenvalue weighted by molar-refractivity contribution is 7.98. The number of benzene rings is 1.